The molecule has 0 aromatic heterocycles. The van der Waals surface area contributed by atoms with Crippen molar-refractivity contribution in [3.8, 4) is 5.75 Å². The molecule has 78 valence electrons. The Morgan fingerprint density at radius 3 is 2.71 bits per heavy atom. The molecule has 0 bridgehead atoms. The third-order valence-corrected chi connectivity index (χ3v) is 2.16. The summed E-state index contributed by atoms with van der Waals surface area (Å²) in [7, 11) is 0. The van der Waals surface area contributed by atoms with E-state index in [1.807, 2.05) is 31.2 Å². The van der Waals surface area contributed by atoms with Gasteiger partial charge >= 0.3 is 0 Å². The Morgan fingerprint density at radius 2 is 2.14 bits per heavy atom. The van der Waals surface area contributed by atoms with Crippen molar-refractivity contribution >= 4 is 0 Å². The molecule has 1 aromatic carbocycles. The van der Waals surface area contributed by atoms with E-state index in [-0.39, 0.29) is 12.5 Å². The van der Waals surface area contributed by atoms with Crippen LogP contribution in [0.15, 0.2) is 24.3 Å². The summed E-state index contributed by atoms with van der Waals surface area (Å²) < 4.78 is 5.45. The summed E-state index contributed by atoms with van der Waals surface area (Å²) >= 11 is 0. The standard InChI is InChI=1S/C11H17NO2/c1-2-14-11-6-4-3-5-10(11)9(7-12)8-13/h3-6,9,13H,2,7-8,12H2,1H3. The lowest BCUT2D eigenvalue weighted by atomic mass is 9.99. The van der Waals surface area contributed by atoms with Crippen molar-refractivity contribution in [1.82, 2.24) is 0 Å². The minimum absolute atomic E-state index is 0.0299. The highest BCUT2D eigenvalue weighted by Gasteiger charge is 2.12. The van der Waals surface area contributed by atoms with Crippen LogP contribution in [-0.4, -0.2) is 24.9 Å². The van der Waals surface area contributed by atoms with Gasteiger partial charge in [0.05, 0.1) is 13.2 Å². The van der Waals surface area contributed by atoms with Crippen LogP contribution < -0.4 is 10.5 Å². The fourth-order valence-electron chi connectivity index (χ4n) is 1.40. The van der Waals surface area contributed by atoms with E-state index in [0.29, 0.717) is 13.2 Å². The van der Waals surface area contributed by atoms with Gasteiger partial charge in [0.2, 0.25) is 0 Å². The lowest BCUT2D eigenvalue weighted by Crippen LogP contribution is -2.17. The number of benzene rings is 1. The monoisotopic (exact) mass is 195 g/mol. The predicted octanol–water partition coefficient (Wildman–Crippen LogP) is 1.12. The second-order valence-corrected chi connectivity index (χ2v) is 3.09. The van der Waals surface area contributed by atoms with Crippen molar-refractivity contribution in [2.24, 2.45) is 5.73 Å². The summed E-state index contributed by atoms with van der Waals surface area (Å²) in [5, 5.41) is 9.14. The maximum Gasteiger partial charge on any atom is 0.122 e. The molecular weight excluding hydrogens is 178 g/mol. The van der Waals surface area contributed by atoms with Gasteiger partial charge in [-0.15, -0.1) is 0 Å². The van der Waals surface area contributed by atoms with Crippen LogP contribution in [0.5, 0.6) is 5.75 Å². The summed E-state index contributed by atoms with van der Waals surface area (Å²) in [6.07, 6.45) is 0. The van der Waals surface area contributed by atoms with Crippen LogP contribution >= 0.6 is 0 Å². The maximum absolute atomic E-state index is 9.14. The number of nitrogens with two attached hydrogens (primary N) is 1. The van der Waals surface area contributed by atoms with E-state index < -0.39 is 0 Å². The molecule has 0 spiro atoms. The molecule has 3 heteroatoms. The molecule has 3 N–H and O–H groups in total. The number of para-hydroxylation sites is 1. The summed E-state index contributed by atoms with van der Waals surface area (Å²) in [5.74, 6) is 0.789. The first-order valence-electron chi connectivity index (χ1n) is 4.86. The van der Waals surface area contributed by atoms with E-state index in [4.69, 9.17) is 15.6 Å². The van der Waals surface area contributed by atoms with Crippen LogP contribution in [0, 0.1) is 0 Å². The van der Waals surface area contributed by atoms with Crippen LogP contribution in [0.1, 0.15) is 18.4 Å². The van der Waals surface area contributed by atoms with Crippen LogP contribution in [0.2, 0.25) is 0 Å². The zero-order chi connectivity index (χ0) is 10.4. The van der Waals surface area contributed by atoms with Gasteiger partial charge in [-0.3, -0.25) is 0 Å². The number of aliphatic hydroxyl groups excluding tert-OH is 1. The highest BCUT2D eigenvalue weighted by molar-refractivity contribution is 5.36. The van der Waals surface area contributed by atoms with Crippen molar-refractivity contribution in [1.29, 1.82) is 0 Å². The molecule has 3 nitrogen and oxygen atoms in total. The van der Waals surface area contributed by atoms with Crippen LogP contribution in [0.4, 0.5) is 0 Å². The van der Waals surface area contributed by atoms with E-state index in [1.165, 1.54) is 0 Å². The molecule has 1 aromatic rings. The van der Waals surface area contributed by atoms with Gasteiger partial charge in [-0.2, -0.15) is 0 Å². The number of ether oxygens (including phenoxy) is 1. The minimum atomic E-state index is -0.0299. The summed E-state index contributed by atoms with van der Waals surface area (Å²) in [4.78, 5) is 0. The van der Waals surface area contributed by atoms with E-state index in [1.54, 1.807) is 0 Å². The predicted molar refractivity (Wildman–Crippen MR) is 56.5 cm³/mol. The first-order chi connectivity index (χ1) is 6.83. The Balaban J connectivity index is 2.92. The molecule has 0 amide bonds. The molecular formula is C11H17NO2. The van der Waals surface area contributed by atoms with Crippen molar-refractivity contribution in [3.05, 3.63) is 29.8 Å². The maximum atomic E-state index is 9.14. The smallest absolute Gasteiger partial charge is 0.122 e. The van der Waals surface area contributed by atoms with Crippen molar-refractivity contribution < 1.29 is 9.84 Å². The Bertz CT molecular complexity index is 272. The third kappa shape index (κ3) is 2.47. The lowest BCUT2D eigenvalue weighted by molar-refractivity contribution is 0.261. The fourth-order valence-corrected chi connectivity index (χ4v) is 1.40. The molecule has 1 rings (SSSR count). The molecule has 1 atom stereocenters. The van der Waals surface area contributed by atoms with Gasteiger partial charge in [0.1, 0.15) is 5.75 Å². The fraction of sp³-hybridized carbons (Fsp3) is 0.455. The molecule has 0 saturated carbocycles. The van der Waals surface area contributed by atoms with Gasteiger partial charge in [0.25, 0.3) is 0 Å². The van der Waals surface area contributed by atoms with Gasteiger partial charge < -0.3 is 15.6 Å². The van der Waals surface area contributed by atoms with Gasteiger partial charge in [-0.05, 0) is 13.0 Å². The van der Waals surface area contributed by atoms with Crippen molar-refractivity contribution in [2.75, 3.05) is 19.8 Å². The van der Waals surface area contributed by atoms with Gasteiger partial charge in [-0.1, -0.05) is 18.2 Å². The van der Waals surface area contributed by atoms with E-state index in [9.17, 15) is 0 Å². The molecule has 0 saturated heterocycles. The van der Waals surface area contributed by atoms with Crippen LogP contribution in [-0.2, 0) is 0 Å². The molecule has 14 heavy (non-hydrogen) atoms. The second-order valence-electron chi connectivity index (χ2n) is 3.09. The topological polar surface area (TPSA) is 55.5 Å². The highest BCUT2D eigenvalue weighted by atomic mass is 16.5. The average Bonchev–Trinajstić information content (AvgIpc) is 2.23. The van der Waals surface area contributed by atoms with E-state index in [0.717, 1.165) is 11.3 Å². The normalized spacial score (nSPS) is 12.5. The number of hydrogen-bond donors (Lipinski definition) is 2. The Hall–Kier alpha value is -1.06. The summed E-state index contributed by atoms with van der Waals surface area (Å²) in [6.45, 7) is 3.05. The van der Waals surface area contributed by atoms with Crippen LogP contribution in [0.3, 0.4) is 0 Å². The molecule has 0 radical (unpaired) electrons. The van der Waals surface area contributed by atoms with Crippen molar-refractivity contribution in [3.63, 3.8) is 0 Å². The quantitative estimate of drug-likeness (QED) is 0.740. The van der Waals surface area contributed by atoms with Crippen LogP contribution in [0.25, 0.3) is 0 Å². The SMILES string of the molecule is CCOc1ccccc1C(CN)CO. The molecule has 0 heterocycles. The van der Waals surface area contributed by atoms with Gasteiger partial charge in [-0.25, -0.2) is 0 Å². The van der Waals surface area contributed by atoms with E-state index >= 15 is 0 Å². The molecule has 0 aliphatic rings. The average molecular weight is 195 g/mol. The Kier molecular flexibility index (Phi) is 4.43. The zero-order valence-electron chi connectivity index (χ0n) is 8.44. The third-order valence-electron chi connectivity index (χ3n) is 2.16. The largest absolute Gasteiger partial charge is 0.494 e. The van der Waals surface area contributed by atoms with Gasteiger partial charge in [0, 0.05) is 18.0 Å². The van der Waals surface area contributed by atoms with Crippen molar-refractivity contribution in [2.45, 2.75) is 12.8 Å². The number of hydrogen-bond acceptors (Lipinski definition) is 3. The molecule has 0 aliphatic heterocycles. The molecule has 0 aliphatic carbocycles. The van der Waals surface area contributed by atoms with Gasteiger partial charge in [0.15, 0.2) is 0 Å². The number of aliphatic hydroxyl groups is 1. The second kappa shape index (κ2) is 5.62. The first kappa shape index (κ1) is 11.0. The first-order valence-corrected chi connectivity index (χ1v) is 4.86. The Labute approximate surface area is 84.5 Å². The lowest BCUT2D eigenvalue weighted by Gasteiger charge is -2.16. The summed E-state index contributed by atoms with van der Waals surface area (Å²) in [5.41, 5.74) is 6.55. The Morgan fingerprint density at radius 1 is 1.43 bits per heavy atom. The number of rotatable bonds is 5. The highest BCUT2D eigenvalue weighted by Crippen LogP contribution is 2.25. The summed E-state index contributed by atoms with van der Waals surface area (Å²) in [6, 6.07) is 7.69. The zero-order valence-corrected chi connectivity index (χ0v) is 8.44. The molecule has 1 unspecified atom stereocenters. The van der Waals surface area contributed by atoms with E-state index in [2.05, 4.69) is 0 Å². The molecule has 0 fully saturated rings. The minimum Gasteiger partial charge on any atom is -0.494 e.